The molecule has 1 aromatic carbocycles. The number of rotatable bonds is 3. The highest BCUT2D eigenvalue weighted by atomic mass is 35.5. The van der Waals surface area contributed by atoms with Gasteiger partial charge in [0, 0.05) is 0 Å². The second-order valence-corrected chi connectivity index (χ2v) is 2.98. The van der Waals surface area contributed by atoms with Gasteiger partial charge in [-0.3, -0.25) is 0 Å². The van der Waals surface area contributed by atoms with Crippen molar-refractivity contribution in [3.8, 4) is 11.5 Å². The van der Waals surface area contributed by atoms with Gasteiger partial charge in [-0.1, -0.05) is 6.07 Å². The molecule has 0 aliphatic carbocycles. The average molecular weight is 246 g/mol. The van der Waals surface area contributed by atoms with Crippen LogP contribution in [0.3, 0.4) is 0 Å². The first-order chi connectivity index (χ1) is 7.25. The summed E-state index contributed by atoms with van der Waals surface area (Å²) in [4.78, 5) is 4.88. The lowest BCUT2D eigenvalue weighted by molar-refractivity contribution is 0.129. The zero-order chi connectivity index (χ0) is 10.7. The number of nitrogens with two attached hydrogens (primary N) is 2. The highest BCUT2D eigenvalue weighted by Gasteiger charge is 2.12. The van der Waals surface area contributed by atoms with Crippen LogP contribution in [0.25, 0.3) is 0 Å². The van der Waals surface area contributed by atoms with Crippen LogP contribution >= 0.6 is 12.4 Å². The van der Waals surface area contributed by atoms with Gasteiger partial charge < -0.3 is 25.8 Å². The third-order valence-corrected chi connectivity index (χ3v) is 1.84. The summed E-state index contributed by atoms with van der Waals surface area (Å²) in [5, 5.41) is 3.41. The molecule has 0 atom stereocenters. The molecule has 6 nitrogen and oxygen atoms in total. The third kappa shape index (κ3) is 2.83. The topological polar surface area (TPSA) is 92.1 Å². The molecule has 1 aliphatic rings. The maximum Gasteiger partial charge on any atom is 0.231 e. The number of hydrogen-bond donors (Lipinski definition) is 2. The summed E-state index contributed by atoms with van der Waals surface area (Å²) in [5.41, 5.74) is 11.1. The molecule has 0 bridgehead atoms. The molecule has 88 valence electrons. The second-order valence-electron chi connectivity index (χ2n) is 2.98. The highest BCUT2D eigenvalue weighted by molar-refractivity contribution is 5.85. The lowest BCUT2D eigenvalue weighted by Gasteiger charge is -2.01. The van der Waals surface area contributed by atoms with E-state index in [0.717, 1.165) is 11.3 Å². The number of ether oxygens (including phenoxy) is 2. The molecule has 1 heterocycles. The smallest absolute Gasteiger partial charge is 0.231 e. The summed E-state index contributed by atoms with van der Waals surface area (Å²) in [6.07, 6.45) is 0. The molecule has 1 aromatic rings. The Kier molecular flexibility index (Phi) is 4.07. The van der Waals surface area contributed by atoms with Gasteiger partial charge in [0.1, 0.15) is 6.61 Å². The van der Waals surface area contributed by atoms with Crippen LogP contribution in [0.4, 0.5) is 0 Å². The van der Waals surface area contributed by atoms with E-state index in [9.17, 15) is 0 Å². The van der Waals surface area contributed by atoms with Gasteiger partial charge >= 0.3 is 0 Å². The Labute approximate surface area is 98.5 Å². The zero-order valence-corrected chi connectivity index (χ0v) is 9.20. The predicted molar refractivity (Wildman–Crippen MR) is 60.4 cm³/mol. The molecule has 0 amide bonds. The Morgan fingerprint density at radius 3 is 2.81 bits per heavy atom. The van der Waals surface area contributed by atoms with Crippen LogP contribution in [0.2, 0.25) is 0 Å². The van der Waals surface area contributed by atoms with Crippen molar-refractivity contribution in [1.29, 1.82) is 0 Å². The Balaban J connectivity index is 0.00000128. The van der Waals surface area contributed by atoms with Gasteiger partial charge in [-0.05, 0) is 22.9 Å². The summed E-state index contributed by atoms with van der Waals surface area (Å²) < 4.78 is 10.4. The van der Waals surface area contributed by atoms with Gasteiger partial charge in [0.15, 0.2) is 11.5 Å². The minimum absolute atomic E-state index is 0. The van der Waals surface area contributed by atoms with Crippen LogP contribution in [0.5, 0.6) is 11.5 Å². The third-order valence-electron chi connectivity index (χ3n) is 1.84. The molecule has 4 N–H and O–H groups in total. The molecule has 1 aliphatic heterocycles. The fourth-order valence-electron chi connectivity index (χ4n) is 1.21. The van der Waals surface area contributed by atoms with Gasteiger partial charge in [-0.2, -0.15) is 0 Å². The monoisotopic (exact) mass is 245 g/mol. The van der Waals surface area contributed by atoms with Crippen molar-refractivity contribution in [3.05, 3.63) is 23.8 Å². The van der Waals surface area contributed by atoms with Crippen molar-refractivity contribution < 1.29 is 14.3 Å². The van der Waals surface area contributed by atoms with Crippen LogP contribution in [-0.4, -0.2) is 12.8 Å². The molecule has 0 spiro atoms. The summed E-state index contributed by atoms with van der Waals surface area (Å²) >= 11 is 0. The molecule has 0 unspecified atom stereocenters. The molecular formula is C9H12ClN3O3. The maximum atomic E-state index is 5.20. The van der Waals surface area contributed by atoms with Gasteiger partial charge in [-0.25, -0.2) is 0 Å². The SMILES string of the molecule is Cl.NC(N)=NOCc1ccc2c(c1)OCO2. The van der Waals surface area contributed by atoms with E-state index in [0.29, 0.717) is 5.75 Å². The van der Waals surface area contributed by atoms with Crippen molar-refractivity contribution >= 4 is 18.4 Å². The van der Waals surface area contributed by atoms with E-state index < -0.39 is 0 Å². The zero-order valence-electron chi connectivity index (χ0n) is 8.38. The number of fused-ring (bicyclic) bond motifs is 1. The van der Waals surface area contributed by atoms with Crippen molar-refractivity contribution in [2.45, 2.75) is 6.61 Å². The molecule has 7 heteroatoms. The lowest BCUT2D eigenvalue weighted by atomic mass is 10.2. The lowest BCUT2D eigenvalue weighted by Crippen LogP contribution is -2.22. The van der Waals surface area contributed by atoms with Crippen LogP contribution in [0.15, 0.2) is 23.4 Å². The minimum Gasteiger partial charge on any atom is -0.454 e. The van der Waals surface area contributed by atoms with Crippen LogP contribution < -0.4 is 20.9 Å². The van der Waals surface area contributed by atoms with Crippen LogP contribution in [-0.2, 0) is 11.4 Å². The maximum absolute atomic E-state index is 5.20. The Morgan fingerprint density at radius 2 is 2.06 bits per heavy atom. The standard InChI is InChI=1S/C9H11N3O3.ClH/c10-9(11)12-15-4-6-1-2-7-8(3-6)14-5-13-7;/h1-3H,4-5H2,(H4,10,11,12);1H. The molecule has 0 fully saturated rings. The average Bonchev–Trinajstić information content (AvgIpc) is 2.64. The molecule has 2 rings (SSSR count). The second kappa shape index (κ2) is 5.32. The first kappa shape index (κ1) is 12.3. The van der Waals surface area contributed by atoms with Gasteiger partial charge in [0.25, 0.3) is 0 Å². The van der Waals surface area contributed by atoms with E-state index in [1.165, 1.54) is 0 Å². The van der Waals surface area contributed by atoms with E-state index in [-0.39, 0.29) is 31.8 Å². The summed E-state index contributed by atoms with van der Waals surface area (Å²) in [6, 6.07) is 5.50. The van der Waals surface area contributed by atoms with Crippen LogP contribution in [0.1, 0.15) is 5.56 Å². The number of halogens is 1. The number of oxime groups is 1. The van der Waals surface area contributed by atoms with Crippen LogP contribution in [0, 0.1) is 0 Å². The van der Waals surface area contributed by atoms with Gasteiger partial charge in [0.05, 0.1) is 0 Å². The van der Waals surface area contributed by atoms with E-state index in [2.05, 4.69) is 5.16 Å². The Bertz CT molecular complexity index is 394. The first-order valence-corrected chi connectivity index (χ1v) is 4.35. The summed E-state index contributed by atoms with van der Waals surface area (Å²) in [5.74, 6) is 1.34. The van der Waals surface area contributed by atoms with E-state index in [4.69, 9.17) is 25.8 Å². The number of hydrogen-bond acceptors (Lipinski definition) is 4. The Hall–Kier alpha value is -1.82. The van der Waals surface area contributed by atoms with E-state index in [1.54, 1.807) is 0 Å². The fourth-order valence-corrected chi connectivity index (χ4v) is 1.21. The number of guanidine groups is 1. The van der Waals surface area contributed by atoms with E-state index in [1.807, 2.05) is 18.2 Å². The van der Waals surface area contributed by atoms with Gasteiger partial charge in [0.2, 0.25) is 12.8 Å². The molecule has 16 heavy (non-hydrogen) atoms. The largest absolute Gasteiger partial charge is 0.454 e. The molecular weight excluding hydrogens is 234 g/mol. The van der Waals surface area contributed by atoms with Gasteiger partial charge in [-0.15, -0.1) is 12.4 Å². The number of nitrogens with zero attached hydrogens (tertiary/aromatic N) is 1. The van der Waals surface area contributed by atoms with Crippen molar-refractivity contribution in [1.82, 2.24) is 0 Å². The summed E-state index contributed by atoms with van der Waals surface area (Å²) in [7, 11) is 0. The number of benzene rings is 1. The normalized spacial score (nSPS) is 11.5. The highest BCUT2D eigenvalue weighted by Crippen LogP contribution is 2.32. The van der Waals surface area contributed by atoms with Crippen molar-refractivity contribution in [2.24, 2.45) is 16.6 Å². The predicted octanol–water partition coefficient (Wildman–Crippen LogP) is 0.542. The summed E-state index contributed by atoms with van der Waals surface area (Å²) in [6.45, 7) is 0.544. The van der Waals surface area contributed by atoms with E-state index >= 15 is 0 Å². The molecule has 0 saturated heterocycles. The van der Waals surface area contributed by atoms with Crippen molar-refractivity contribution in [2.75, 3.05) is 6.79 Å². The van der Waals surface area contributed by atoms with Crippen molar-refractivity contribution in [3.63, 3.8) is 0 Å². The molecule has 0 radical (unpaired) electrons. The molecule has 0 aromatic heterocycles. The molecule has 0 saturated carbocycles. The fraction of sp³-hybridized carbons (Fsp3) is 0.222. The quantitative estimate of drug-likeness (QED) is 0.461. The minimum atomic E-state index is -0.101. The Morgan fingerprint density at radius 1 is 1.31 bits per heavy atom. The first-order valence-electron chi connectivity index (χ1n) is 4.35.